The molecule has 1 aromatic heterocycles. The summed E-state index contributed by atoms with van der Waals surface area (Å²) in [4.78, 5) is 17.3. The van der Waals surface area contributed by atoms with Crippen LogP contribution in [0.2, 0.25) is 5.15 Å². The first-order valence-corrected chi connectivity index (χ1v) is 5.85. The van der Waals surface area contributed by atoms with Gasteiger partial charge >= 0.3 is 0 Å². The molecule has 0 spiro atoms. The van der Waals surface area contributed by atoms with Crippen molar-refractivity contribution in [3.63, 3.8) is 0 Å². The minimum atomic E-state index is 0.189. The number of thiazole rings is 1. The van der Waals surface area contributed by atoms with Crippen molar-refractivity contribution < 1.29 is 4.79 Å². The Hall–Kier alpha value is -0.610. The molecule has 84 valence electrons. The molecule has 0 radical (unpaired) electrons. The molecule has 0 fully saturated rings. The number of carbonyl (C=O) groups is 1. The highest BCUT2D eigenvalue weighted by molar-refractivity contribution is 7.17. The second-order valence-electron chi connectivity index (χ2n) is 4.69. The van der Waals surface area contributed by atoms with Gasteiger partial charge in [0, 0.05) is 13.6 Å². The quantitative estimate of drug-likeness (QED) is 0.769. The van der Waals surface area contributed by atoms with Gasteiger partial charge in [-0.2, -0.15) is 0 Å². The van der Waals surface area contributed by atoms with Crippen LogP contribution in [-0.2, 0) is 0 Å². The van der Waals surface area contributed by atoms with Crippen LogP contribution < -0.4 is 4.90 Å². The molecule has 0 aliphatic rings. The van der Waals surface area contributed by atoms with E-state index >= 15 is 0 Å². The molecule has 0 saturated carbocycles. The summed E-state index contributed by atoms with van der Waals surface area (Å²) in [5.41, 5.74) is 0.189. The molecule has 3 nitrogen and oxygen atoms in total. The van der Waals surface area contributed by atoms with Gasteiger partial charge in [0.1, 0.15) is 4.88 Å². The van der Waals surface area contributed by atoms with Crippen molar-refractivity contribution in [2.24, 2.45) is 5.41 Å². The third kappa shape index (κ3) is 3.47. The smallest absolute Gasteiger partial charge is 0.187 e. The number of aromatic nitrogens is 1. The van der Waals surface area contributed by atoms with E-state index in [2.05, 4.69) is 25.8 Å². The van der Waals surface area contributed by atoms with E-state index in [9.17, 15) is 4.79 Å². The first-order valence-electron chi connectivity index (χ1n) is 4.66. The van der Waals surface area contributed by atoms with E-state index in [1.54, 1.807) is 0 Å². The van der Waals surface area contributed by atoms with Gasteiger partial charge in [-0.3, -0.25) is 4.79 Å². The maximum absolute atomic E-state index is 10.6. The minimum absolute atomic E-state index is 0.189. The molecular weight excluding hydrogens is 232 g/mol. The zero-order valence-corrected chi connectivity index (χ0v) is 10.9. The fraction of sp³-hybridized carbons (Fsp3) is 0.600. The highest BCUT2D eigenvalue weighted by Crippen LogP contribution is 2.29. The number of rotatable bonds is 3. The fourth-order valence-corrected chi connectivity index (χ4v) is 2.34. The second kappa shape index (κ2) is 4.49. The Morgan fingerprint density at radius 1 is 1.53 bits per heavy atom. The average Bonchev–Trinajstić information content (AvgIpc) is 2.43. The highest BCUT2D eigenvalue weighted by Gasteiger charge is 2.17. The lowest BCUT2D eigenvalue weighted by molar-refractivity contribution is 0.112. The van der Waals surface area contributed by atoms with Gasteiger partial charge in [-0.1, -0.05) is 43.7 Å². The molecule has 1 heterocycles. The van der Waals surface area contributed by atoms with Gasteiger partial charge in [0.2, 0.25) is 0 Å². The van der Waals surface area contributed by atoms with Crippen molar-refractivity contribution in [2.75, 3.05) is 18.5 Å². The molecular formula is C10H15ClN2OS. The van der Waals surface area contributed by atoms with Gasteiger partial charge in [-0.15, -0.1) is 0 Å². The summed E-state index contributed by atoms with van der Waals surface area (Å²) in [6, 6.07) is 0. The summed E-state index contributed by atoms with van der Waals surface area (Å²) >= 11 is 7.12. The lowest BCUT2D eigenvalue weighted by Crippen LogP contribution is -2.28. The first-order chi connectivity index (χ1) is 6.83. The fourth-order valence-electron chi connectivity index (χ4n) is 1.32. The van der Waals surface area contributed by atoms with E-state index in [-0.39, 0.29) is 5.41 Å². The molecule has 5 heteroatoms. The van der Waals surface area contributed by atoms with E-state index in [4.69, 9.17) is 11.6 Å². The SMILES string of the molecule is CN(CC(C)(C)C)c1nc(Cl)c(C=O)s1. The molecule has 1 aromatic rings. The number of hydrogen-bond donors (Lipinski definition) is 0. The summed E-state index contributed by atoms with van der Waals surface area (Å²) in [6.07, 6.45) is 0.744. The maximum atomic E-state index is 10.6. The van der Waals surface area contributed by atoms with E-state index in [1.165, 1.54) is 11.3 Å². The predicted molar refractivity (Wildman–Crippen MR) is 65.2 cm³/mol. The number of nitrogens with zero attached hydrogens (tertiary/aromatic N) is 2. The van der Waals surface area contributed by atoms with Gasteiger partial charge in [0.25, 0.3) is 0 Å². The minimum Gasteiger partial charge on any atom is -0.351 e. The molecule has 0 aliphatic carbocycles. The largest absolute Gasteiger partial charge is 0.351 e. The molecule has 0 atom stereocenters. The Kier molecular flexibility index (Phi) is 3.73. The van der Waals surface area contributed by atoms with Crippen molar-refractivity contribution in [3.8, 4) is 0 Å². The van der Waals surface area contributed by atoms with Crippen LogP contribution in [0.1, 0.15) is 30.4 Å². The van der Waals surface area contributed by atoms with Crippen molar-refractivity contribution in [3.05, 3.63) is 10.0 Å². The molecule has 0 saturated heterocycles. The summed E-state index contributed by atoms with van der Waals surface area (Å²) in [6.45, 7) is 7.33. The lowest BCUT2D eigenvalue weighted by atomic mass is 9.96. The van der Waals surface area contributed by atoms with Crippen molar-refractivity contribution in [1.29, 1.82) is 0 Å². The van der Waals surface area contributed by atoms with Crippen molar-refractivity contribution in [2.45, 2.75) is 20.8 Å². The van der Waals surface area contributed by atoms with E-state index in [0.29, 0.717) is 10.0 Å². The monoisotopic (exact) mass is 246 g/mol. The number of anilines is 1. The van der Waals surface area contributed by atoms with Crippen LogP contribution in [0.3, 0.4) is 0 Å². The maximum Gasteiger partial charge on any atom is 0.187 e. The highest BCUT2D eigenvalue weighted by atomic mass is 35.5. The molecule has 1 rings (SSSR count). The van der Waals surface area contributed by atoms with Gasteiger partial charge in [-0.25, -0.2) is 4.98 Å². The molecule has 0 unspecified atom stereocenters. The summed E-state index contributed by atoms with van der Waals surface area (Å²) in [5.74, 6) is 0. The average molecular weight is 247 g/mol. The van der Waals surface area contributed by atoms with E-state index < -0.39 is 0 Å². The standard InChI is InChI=1S/C10H15ClN2OS/c1-10(2,3)6-13(4)9-12-8(11)7(5-14)15-9/h5H,6H2,1-4H3. The van der Waals surface area contributed by atoms with Crippen LogP contribution in [0.4, 0.5) is 5.13 Å². The Labute approximate surface area is 99.1 Å². The Morgan fingerprint density at radius 2 is 2.13 bits per heavy atom. The van der Waals surface area contributed by atoms with Crippen LogP contribution in [-0.4, -0.2) is 24.9 Å². The van der Waals surface area contributed by atoms with Crippen LogP contribution in [0.5, 0.6) is 0 Å². The topological polar surface area (TPSA) is 33.2 Å². The Morgan fingerprint density at radius 3 is 2.53 bits per heavy atom. The molecule has 0 aliphatic heterocycles. The van der Waals surface area contributed by atoms with Crippen molar-refractivity contribution >= 4 is 34.4 Å². The van der Waals surface area contributed by atoms with Gasteiger partial charge in [-0.05, 0) is 5.41 Å². The van der Waals surface area contributed by atoms with Crippen LogP contribution >= 0.6 is 22.9 Å². The van der Waals surface area contributed by atoms with Gasteiger partial charge in [0.05, 0.1) is 0 Å². The molecule has 0 aromatic carbocycles. The normalized spacial score (nSPS) is 11.5. The first kappa shape index (κ1) is 12.5. The molecule has 0 N–H and O–H groups in total. The third-order valence-corrected chi connectivity index (χ3v) is 3.24. The third-order valence-electron chi connectivity index (χ3n) is 1.74. The molecule has 0 bridgehead atoms. The van der Waals surface area contributed by atoms with Crippen LogP contribution in [0, 0.1) is 5.41 Å². The second-order valence-corrected chi connectivity index (χ2v) is 6.05. The Balaban J connectivity index is 2.82. The van der Waals surface area contributed by atoms with E-state index in [0.717, 1.165) is 18.0 Å². The summed E-state index contributed by atoms with van der Waals surface area (Å²) in [5, 5.41) is 1.09. The van der Waals surface area contributed by atoms with Crippen LogP contribution in [0.15, 0.2) is 0 Å². The van der Waals surface area contributed by atoms with Crippen LogP contribution in [0.25, 0.3) is 0 Å². The predicted octanol–water partition coefficient (Wildman–Crippen LogP) is 3.09. The number of halogens is 1. The lowest BCUT2D eigenvalue weighted by Gasteiger charge is -2.25. The van der Waals surface area contributed by atoms with Gasteiger partial charge < -0.3 is 4.90 Å². The summed E-state index contributed by atoms with van der Waals surface area (Å²) < 4.78 is 0. The zero-order valence-electron chi connectivity index (χ0n) is 9.37. The van der Waals surface area contributed by atoms with Crippen molar-refractivity contribution in [1.82, 2.24) is 4.98 Å². The zero-order chi connectivity index (χ0) is 11.6. The Bertz CT molecular complexity index is 357. The number of hydrogen-bond acceptors (Lipinski definition) is 4. The number of carbonyl (C=O) groups excluding carboxylic acids is 1. The van der Waals surface area contributed by atoms with Gasteiger partial charge in [0.15, 0.2) is 16.6 Å². The number of aldehydes is 1. The summed E-state index contributed by atoms with van der Waals surface area (Å²) in [7, 11) is 1.95. The molecule has 0 amide bonds. The van der Waals surface area contributed by atoms with E-state index in [1.807, 2.05) is 11.9 Å². The molecule has 15 heavy (non-hydrogen) atoms.